The van der Waals surface area contributed by atoms with E-state index in [0.717, 1.165) is 11.1 Å². The fourth-order valence-electron chi connectivity index (χ4n) is 3.18. The Morgan fingerprint density at radius 1 is 1.15 bits per heavy atom. The summed E-state index contributed by atoms with van der Waals surface area (Å²) in [5, 5.41) is 11.6. The number of carbonyl (C=O) groups is 1. The van der Waals surface area contributed by atoms with E-state index in [1.54, 1.807) is 25.1 Å². The minimum absolute atomic E-state index is 0.119. The van der Waals surface area contributed by atoms with Crippen LogP contribution in [0, 0.1) is 10.1 Å². The van der Waals surface area contributed by atoms with Gasteiger partial charge in [0.25, 0.3) is 0 Å². The van der Waals surface area contributed by atoms with Crippen LogP contribution in [0.2, 0.25) is 0 Å². The predicted molar refractivity (Wildman–Crippen MR) is 96.8 cm³/mol. The van der Waals surface area contributed by atoms with Gasteiger partial charge in [-0.1, -0.05) is 66.7 Å². The summed E-state index contributed by atoms with van der Waals surface area (Å²) < 4.78 is 5.44. The molecule has 1 aliphatic heterocycles. The number of benzene rings is 2. The Balaban J connectivity index is 1.87. The number of hydrogen-bond acceptors (Lipinski definition) is 4. The molecule has 0 saturated carbocycles. The molecule has 134 valence electrons. The molecule has 0 N–H and O–H groups in total. The van der Waals surface area contributed by atoms with Crippen LogP contribution in [0.15, 0.2) is 72.4 Å². The number of rotatable bonds is 4. The highest BCUT2D eigenvalue weighted by Crippen LogP contribution is 2.35. The zero-order valence-corrected chi connectivity index (χ0v) is 14.4. The van der Waals surface area contributed by atoms with Crippen molar-refractivity contribution in [3.8, 4) is 0 Å². The van der Waals surface area contributed by atoms with Crippen molar-refractivity contribution < 1.29 is 14.5 Å². The van der Waals surface area contributed by atoms with Gasteiger partial charge in [-0.3, -0.25) is 15.0 Å². The summed E-state index contributed by atoms with van der Waals surface area (Å²) in [7, 11) is 0. The van der Waals surface area contributed by atoms with Crippen molar-refractivity contribution in [3.63, 3.8) is 0 Å². The van der Waals surface area contributed by atoms with Crippen LogP contribution < -0.4 is 0 Å². The standard InChI is InChI=1S/C20H20N2O4/c1-15-12-13-18(22(24)25)19(17-10-6-3-7-11-17)21(15)20(23)26-14-16-8-4-2-5-9-16/h2-12,18-19H,13-14H2,1H3/t18-,19+/m1/s1. The predicted octanol–water partition coefficient (Wildman–Crippen LogP) is 4.32. The van der Waals surface area contributed by atoms with E-state index in [-0.39, 0.29) is 18.0 Å². The maximum atomic E-state index is 12.8. The Labute approximate surface area is 151 Å². The van der Waals surface area contributed by atoms with Crippen molar-refractivity contribution in [2.75, 3.05) is 0 Å². The average Bonchev–Trinajstić information content (AvgIpc) is 2.67. The van der Waals surface area contributed by atoms with Crippen molar-refractivity contribution in [1.82, 2.24) is 4.90 Å². The quantitative estimate of drug-likeness (QED) is 0.607. The molecule has 0 aromatic heterocycles. The zero-order valence-electron chi connectivity index (χ0n) is 14.4. The van der Waals surface area contributed by atoms with Gasteiger partial charge in [-0.2, -0.15) is 0 Å². The summed E-state index contributed by atoms with van der Waals surface area (Å²) in [6, 6.07) is 16.8. The summed E-state index contributed by atoms with van der Waals surface area (Å²) in [5.74, 6) is 0. The Morgan fingerprint density at radius 3 is 2.38 bits per heavy atom. The minimum Gasteiger partial charge on any atom is -0.444 e. The minimum atomic E-state index is -0.912. The molecule has 2 aromatic rings. The monoisotopic (exact) mass is 352 g/mol. The van der Waals surface area contributed by atoms with Crippen LogP contribution in [0.5, 0.6) is 0 Å². The lowest BCUT2D eigenvalue weighted by Gasteiger charge is -2.36. The highest BCUT2D eigenvalue weighted by atomic mass is 16.6. The second-order valence-corrected chi connectivity index (χ2v) is 6.20. The first-order valence-corrected chi connectivity index (χ1v) is 8.43. The van der Waals surface area contributed by atoms with E-state index in [1.807, 2.05) is 48.5 Å². The maximum Gasteiger partial charge on any atom is 0.415 e. The molecule has 1 aliphatic rings. The second kappa shape index (κ2) is 7.82. The third-order valence-electron chi connectivity index (χ3n) is 4.49. The highest BCUT2D eigenvalue weighted by molar-refractivity contribution is 5.71. The normalized spacial score (nSPS) is 19.6. The van der Waals surface area contributed by atoms with Gasteiger partial charge in [0.15, 0.2) is 0 Å². The first-order valence-electron chi connectivity index (χ1n) is 8.43. The Bertz CT molecular complexity index is 805. The zero-order chi connectivity index (χ0) is 18.5. The largest absolute Gasteiger partial charge is 0.444 e. The third kappa shape index (κ3) is 3.74. The van der Waals surface area contributed by atoms with Crippen molar-refractivity contribution in [3.05, 3.63) is 93.7 Å². The van der Waals surface area contributed by atoms with Gasteiger partial charge < -0.3 is 4.74 Å². The van der Waals surface area contributed by atoms with Gasteiger partial charge in [0.2, 0.25) is 6.04 Å². The molecule has 1 amide bonds. The van der Waals surface area contributed by atoms with Crippen LogP contribution in [0.4, 0.5) is 4.79 Å². The first-order chi connectivity index (χ1) is 12.6. The summed E-state index contributed by atoms with van der Waals surface area (Å²) in [4.78, 5) is 25.4. The summed E-state index contributed by atoms with van der Waals surface area (Å²) >= 11 is 0. The molecular weight excluding hydrogens is 332 g/mol. The fraction of sp³-hybridized carbons (Fsp3) is 0.250. The van der Waals surface area contributed by atoms with Crippen LogP contribution in [0.1, 0.15) is 30.5 Å². The summed E-state index contributed by atoms with van der Waals surface area (Å²) in [6.45, 7) is 1.89. The number of amides is 1. The lowest BCUT2D eigenvalue weighted by molar-refractivity contribution is -0.530. The Hall–Kier alpha value is -3.15. The van der Waals surface area contributed by atoms with E-state index < -0.39 is 18.2 Å². The van der Waals surface area contributed by atoms with Crippen LogP contribution in [-0.2, 0) is 11.3 Å². The molecular formula is C20H20N2O4. The van der Waals surface area contributed by atoms with E-state index in [0.29, 0.717) is 5.70 Å². The molecule has 0 aliphatic carbocycles. The molecule has 6 heteroatoms. The fourth-order valence-corrected chi connectivity index (χ4v) is 3.18. The average molecular weight is 352 g/mol. The van der Waals surface area contributed by atoms with E-state index >= 15 is 0 Å². The molecule has 1 heterocycles. The van der Waals surface area contributed by atoms with Gasteiger partial charge in [-0.25, -0.2) is 4.79 Å². The molecule has 26 heavy (non-hydrogen) atoms. The number of allylic oxidation sites excluding steroid dienone is 1. The Kier molecular flexibility index (Phi) is 5.31. The molecule has 0 spiro atoms. The van der Waals surface area contributed by atoms with Crippen molar-refractivity contribution >= 4 is 6.09 Å². The van der Waals surface area contributed by atoms with Gasteiger partial charge in [0.1, 0.15) is 12.6 Å². The van der Waals surface area contributed by atoms with Gasteiger partial charge >= 0.3 is 6.09 Å². The first kappa shape index (κ1) is 17.7. The van der Waals surface area contributed by atoms with Crippen molar-refractivity contribution in [2.24, 2.45) is 0 Å². The molecule has 0 radical (unpaired) electrons. The molecule has 0 saturated heterocycles. The Morgan fingerprint density at radius 2 is 1.77 bits per heavy atom. The highest BCUT2D eigenvalue weighted by Gasteiger charge is 2.43. The number of ether oxygens (including phenoxy) is 1. The smallest absolute Gasteiger partial charge is 0.415 e. The molecule has 3 rings (SSSR count). The van der Waals surface area contributed by atoms with Gasteiger partial charge in [0.05, 0.1) is 0 Å². The van der Waals surface area contributed by atoms with E-state index in [9.17, 15) is 14.9 Å². The number of carbonyl (C=O) groups excluding carboxylic acids is 1. The van der Waals surface area contributed by atoms with Gasteiger partial charge in [-0.15, -0.1) is 0 Å². The maximum absolute atomic E-state index is 12.8. The third-order valence-corrected chi connectivity index (χ3v) is 4.49. The second-order valence-electron chi connectivity index (χ2n) is 6.20. The summed E-state index contributed by atoms with van der Waals surface area (Å²) in [6.07, 6.45) is 1.42. The number of hydrogen-bond donors (Lipinski definition) is 0. The van der Waals surface area contributed by atoms with E-state index in [1.165, 1.54) is 4.90 Å². The molecule has 0 fully saturated rings. The molecule has 2 aromatic carbocycles. The molecule has 2 atom stereocenters. The lowest BCUT2D eigenvalue weighted by atomic mass is 9.92. The summed E-state index contributed by atoms with van der Waals surface area (Å²) in [5.41, 5.74) is 2.25. The van der Waals surface area contributed by atoms with E-state index in [2.05, 4.69) is 0 Å². The van der Waals surface area contributed by atoms with Crippen molar-refractivity contribution in [1.29, 1.82) is 0 Å². The molecule has 0 bridgehead atoms. The van der Waals surface area contributed by atoms with Gasteiger partial charge in [0, 0.05) is 17.0 Å². The van der Waals surface area contributed by atoms with Crippen LogP contribution in [0.3, 0.4) is 0 Å². The molecule has 0 unspecified atom stereocenters. The van der Waals surface area contributed by atoms with Crippen LogP contribution in [-0.4, -0.2) is 22.0 Å². The lowest BCUT2D eigenvalue weighted by Crippen LogP contribution is -2.45. The van der Waals surface area contributed by atoms with Crippen LogP contribution >= 0.6 is 0 Å². The number of nitrogens with zero attached hydrogens (tertiary/aromatic N) is 2. The molecule has 6 nitrogen and oxygen atoms in total. The van der Waals surface area contributed by atoms with Crippen LogP contribution in [0.25, 0.3) is 0 Å². The van der Waals surface area contributed by atoms with E-state index in [4.69, 9.17) is 4.74 Å². The number of nitro groups is 1. The topological polar surface area (TPSA) is 72.7 Å². The SMILES string of the molecule is CC1=CC[C@@H]([N+](=O)[O-])[C@H](c2ccccc2)N1C(=O)OCc1ccccc1. The van der Waals surface area contributed by atoms with Gasteiger partial charge in [-0.05, 0) is 18.1 Å². The van der Waals surface area contributed by atoms with Crippen molar-refractivity contribution in [2.45, 2.75) is 32.0 Å².